The lowest BCUT2D eigenvalue weighted by atomic mass is 9.86. The molecule has 3 aromatic rings. The van der Waals surface area contributed by atoms with Gasteiger partial charge in [-0.15, -0.1) is 0 Å². The summed E-state index contributed by atoms with van der Waals surface area (Å²) in [6, 6.07) is 11.2. The number of halogens is 1. The van der Waals surface area contributed by atoms with E-state index >= 15 is 0 Å². The summed E-state index contributed by atoms with van der Waals surface area (Å²) in [5, 5.41) is 1.66. The van der Waals surface area contributed by atoms with Gasteiger partial charge in [-0.2, -0.15) is 0 Å². The molecule has 2 aliphatic heterocycles. The molecule has 0 aliphatic carbocycles. The zero-order chi connectivity index (χ0) is 23.7. The van der Waals surface area contributed by atoms with E-state index in [0.717, 1.165) is 80.4 Å². The van der Waals surface area contributed by atoms with Gasteiger partial charge in [0.1, 0.15) is 5.82 Å². The molecule has 178 valence electrons. The van der Waals surface area contributed by atoms with Crippen LogP contribution in [0.5, 0.6) is 0 Å². The van der Waals surface area contributed by atoms with Crippen LogP contribution in [0.4, 0.5) is 5.82 Å². The highest BCUT2D eigenvalue weighted by molar-refractivity contribution is 6.31. The third kappa shape index (κ3) is 4.95. The first-order valence-corrected chi connectivity index (χ1v) is 12.4. The fraction of sp³-hybridized carbons (Fsp3) is 0.423. The number of H-pyrrole nitrogens is 1. The quantitative estimate of drug-likeness (QED) is 0.593. The van der Waals surface area contributed by atoms with Crippen LogP contribution in [0.1, 0.15) is 42.7 Å². The molecule has 2 saturated heterocycles. The molecular formula is C26H30ClN5O2. The van der Waals surface area contributed by atoms with Crippen molar-refractivity contribution in [3.8, 4) is 0 Å². The second-order valence-corrected chi connectivity index (χ2v) is 9.95. The minimum absolute atomic E-state index is 0.0921. The van der Waals surface area contributed by atoms with Crippen molar-refractivity contribution >= 4 is 34.2 Å². The van der Waals surface area contributed by atoms with Crippen LogP contribution in [0.15, 0.2) is 47.4 Å². The van der Waals surface area contributed by atoms with Crippen molar-refractivity contribution in [2.75, 3.05) is 31.9 Å². The van der Waals surface area contributed by atoms with Gasteiger partial charge < -0.3 is 15.6 Å². The second-order valence-electron chi connectivity index (χ2n) is 9.52. The van der Waals surface area contributed by atoms with Crippen molar-refractivity contribution in [2.24, 2.45) is 5.92 Å². The van der Waals surface area contributed by atoms with Gasteiger partial charge in [-0.05, 0) is 86.1 Å². The Morgan fingerprint density at radius 3 is 2.56 bits per heavy atom. The Labute approximate surface area is 203 Å². The highest BCUT2D eigenvalue weighted by Gasteiger charge is 2.31. The van der Waals surface area contributed by atoms with Gasteiger partial charge in [-0.25, -0.2) is 4.98 Å². The number of carbonyl (C=O) groups excluding carboxylic acids is 1. The molecule has 2 aromatic heterocycles. The highest BCUT2D eigenvalue weighted by atomic mass is 35.5. The number of nitrogens with one attached hydrogen (secondary N) is 1. The topological polar surface area (TPSA) is 95.3 Å². The Bertz CT molecular complexity index is 1240. The van der Waals surface area contributed by atoms with E-state index in [1.165, 1.54) is 0 Å². The van der Waals surface area contributed by atoms with Crippen molar-refractivity contribution in [3.63, 3.8) is 0 Å². The van der Waals surface area contributed by atoms with E-state index in [2.05, 4.69) is 14.9 Å². The molecule has 8 heteroatoms. The van der Waals surface area contributed by atoms with Crippen molar-refractivity contribution in [1.29, 1.82) is 0 Å². The van der Waals surface area contributed by atoms with Crippen molar-refractivity contribution in [2.45, 2.75) is 38.1 Å². The van der Waals surface area contributed by atoms with Gasteiger partial charge in [-0.1, -0.05) is 11.6 Å². The van der Waals surface area contributed by atoms with Crippen molar-refractivity contribution in [3.05, 3.63) is 69.1 Å². The Balaban J connectivity index is 1.17. The fourth-order valence-corrected chi connectivity index (χ4v) is 5.62. The first-order valence-electron chi connectivity index (χ1n) is 12.0. The number of piperidine rings is 2. The number of nitrogens with zero attached hydrogens (tertiary/aromatic N) is 3. The molecule has 3 N–H and O–H groups in total. The maximum Gasteiger partial charge on any atom is 0.248 e. The van der Waals surface area contributed by atoms with Crippen LogP contribution in [-0.2, 0) is 11.3 Å². The summed E-state index contributed by atoms with van der Waals surface area (Å²) in [4.78, 5) is 36.8. The SMILES string of the molecule is Nc1cc(CN2CCC(C(=O)N3CCC(c4cc(=O)[nH]c5ccc(Cl)cc45)CC3)CC2)ccn1. The van der Waals surface area contributed by atoms with E-state index in [-0.39, 0.29) is 23.3 Å². The lowest BCUT2D eigenvalue weighted by Gasteiger charge is -2.37. The smallest absolute Gasteiger partial charge is 0.248 e. The molecule has 0 unspecified atom stereocenters. The van der Waals surface area contributed by atoms with Gasteiger partial charge in [0.05, 0.1) is 0 Å². The molecule has 0 atom stereocenters. The standard InChI is InChI=1S/C26H30ClN5O2/c27-20-1-2-23-22(14-20)21(15-25(33)30-23)18-6-11-32(12-7-18)26(34)19-4-9-31(10-5-19)16-17-3-8-29-24(28)13-17/h1-3,8,13-15,18-19H,4-7,9-12,16H2,(H2,28,29)(H,30,33). The molecule has 4 heterocycles. The average Bonchev–Trinajstić information content (AvgIpc) is 2.84. The maximum atomic E-state index is 13.2. The normalized spacial score (nSPS) is 18.4. The number of rotatable bonds is 4. The Hall–Kier alpha value is -2.90. The predicted octanol–water partition coefficient (Wildman–Crippen LogP) is 3.78. The average molecular weight is 480 g/mol. The summed E-state index contributed by atoms with van der Waals surface area (Å²) in [5.41, 5.74) is 8.71. The van der Waals surface area contributed by atoms with E-state index in [1.54, 1.807) is 18.3 Å². The molecule has 7 nitrogen and oxygen atoms in total. The molecule has 2 aliphatic rings. The van der Waals surface area contributed by atoms with Crippen molar-refractivity contribution < 1.29 is 4.79 Å². The number of nitrogen functional groups attached to an aromatic ring is 1. The Kier molecular flexibility index (Phi) is 6.57. The van der Waals surface area contributed by atoms with Gasteiger partial charge in [0.25, 0.3) is 0 Å². The van der Waals surface area contributed by atoms with Crippen LogP contribution < -0.4 is 11.3 Å². The van der Waals surface area contributed by atoms with E-state index in [9.17, 15) is 9.59 Å². The fourth-order valence-electron chi connectivity index (χ4n) is 5.45. The molecule has 1 aromatic carbocycles. The number of aromatic amines is 1. The third-order valence-electron chi connectivity index (χ3n) is 7.27. The van der Waals surface area contributed by atoms with Crippen LogP contribution in [0.25, 0.3) is 10.9 Å². The number of likely N-dealkylation sites (tertiary alicyclic amines) is 2. The number of aromatic nitrogens is 2. The monoisotopic (exact) mass is 479 g/mol. The zero-order valence-electron chi connectivity index (χ0n) is 19.2. The molecule has 0 spiro atoms. The number of nitrogens with two attached hydrogens (primary N) is 1. The number of anilines is 1. The summed E-state index contributed by atoms with van der Waals surface area (Å²) < 4.78 is 0. The maximum absolute atomic E-state index is 13.2. The molecule has 0 radical (unpaired) electrons. The largest absolute Gasteiger partial charge is 0.384 e. The summed E-state index contributed by atoms with van der Waals surface area (Å²) >= 11 is 6.23. The highest BCUT2D eigenvalue weighted by Crippen LogP contribution is 2.34. The summed E-state index contributed by atoms with van der Waals surface area (Å²) in [6.07, 6.45) is 5.23. The van der Waals surface area contributed by atoms with Crippen molar-refractivity contribution in [1.82, 2.24) is 19.8 Å². The van der Waals surface area contributed by atoms with Crippen LogP contribution >= 0.6 is 11.6 Å². The molecular weight excluding hydrogens is 450 g/mol. The van der Waals surface area contributed by atoms with Gasteiger partial charge in [0.2, 0.25) is 11.5 Å². The second kappa shape index (κ2) is 9.76. The van der Waals surface area contributed by atoms with Crippen LogP contribution in [0.2, 0.25) is 5.02 Å². The van der Waals surface area contributed by atoms with Gasteiger partial charge >= 0.3 is 0 Å². The number of hydrogen-bond acceptors (Lipinski definition) is 5. The third-order valence-corrected chi connectivity index (χ3v) is 7.51. The lowest BCUT2D eigenvalue weighted by Crippen LogP contribution is -2.45. The number of hydrogen-bond donors (Lipinski definition) is 2. The number of pyridine rings is 2. The van der Waals surface area contributed by atoms with Gasteiger partial charge in [0.15, 0.2) is 0 Å². The van der Waals surface area contributed by atoms with E-state index < -0.39 is 0 Å². The number of carbonyl (C=O) groups is 1. The summed E-state index contributed by atoms with van der Waals surface area (Å²) in [7, 11) is 0. The van der Waals surface area contributed by atoms with E-state index in [4.69, 9.17) is 17.3 Å². The first-order chi connectivity index (χ1) is 16.5. The predicted molar refractivity (Wildman–Crippen MR) is 135 cm³/mol. The minimum Gasteiger partial charge on any atom is -0.384 e. The molecule has 34 heavy (non-hydrogen) atoms. The summed E-state index contributed by atoms with van der Waals surface area (Å²) in [6.45, 7) is 4.13. The zero-order valence-corrected chi connectivity index (χ0v) is 19.9. The Morgan fingerprint density at radius 2 is 1.82 bits per heavy atom. The Morgan fingerprint density at radius 1 is 1.06 bits per heavy atom. The molecule has 1 amide bonds. The van der Waals surface area contributed by atoms with Gasteiger partial charge in [-0.3, -0.25) is 14.5 Å². The molecule has 2 fully saturated rings. The van der Waals surface area contributed by atoms with Crippen LogP contribution in [0, 0.1) is 5.92 Å². The molecule has 5 rings (SSSR count). The number of amides is 1. The van der Waals surface area contributed by atoms with Crippen LogP contribution in [0.3, 0.4) is 0 Å². The number of fused-ring (bicyclic) bond motifs is 1. The van der Waals surface area contributed by atoms with Crippen LogP contribution in [-0.4, -0.2) is 51.9 Å². The molecule has 0 saturated carbocycles. The molecule has 0 bridgehead atoms. The lowest BCUT2D eigenvalue weighted by molar-refractivity contribution is -0.138. The number of benzene rings is 1. The van der Waals surface area contributed by atoms with Gasteiger partial charge in [0, 0.05) is 53.7 Å². The van der Waals surface area contributed by atoms with E-state index in [1.807, 2.05) is 29.2 Å². The first kappa shape index (κ1) is 22.9. The van der Waals surface area contributed by atoms with E-state index in [0.29, 0.717) is 10.8 Å². The summed E-state index contributed by atoms with van der Waals surface area (Å²) in [5.74, 6) is 1.17. The minimum atomic E-state index is -0.0930.